The number of thiazole rings is 1. The number of hydrogen-bond donors (Lipinski definition) is 1. The Morgan fingerprint density at radius 1 is 1.44 bits per heavy atom. The molecule has 0 fully saturated rings. The molecule has 4 nitrogen and oxygen atoms in total. The molecule has 2 rings (SSSR count). The first kappa shape index (κ1) is 12.8. The van der Waals surface area contributed by atoms with Crippen LogP contribution in [-0.4, -0.2) is 16.6 Å². The summed E-state index contributed by atoms with van der Waals surface area (Å²) in [6.45, 7) is 6.72. The number of hydrogen-bond acceptors (Lipinski definition) is 5. The van der Waals surface area contributed by atoms with E-state index in [4.69, 9.17) is 4.74 Å². The van der Waals surface area contributed by atoms with Crippen molar-refractivity contribution in [2.45, 2.75) is 26.8 Å². The van der Waals surface area contributed by atoms with E-state index in [0.29, 0.717) is 6.61 Å². The molecular formula is C13H17N3OS. The summed E-state index contributed by atoms with van der Waals surface area (Å²) in [6, 6.07) is 3.91. The summed E-state index contributed by atoms with van der Waals surface area (Å²) in [6.07, 6.45) is 3.64. The van der Waals surface area contributed by atoms with Gasteiger partial charge >= 0.3 is 0 Å². The van der Waals surface area contributed by atoms with Gasteiger partial charge in [0.05, 0.1) is 12.6 Å². The lowest BCUT2D eigenvalue weighted by atomic mass is 10.3. The standard InChI is InChI=1S/C13H17N3OS/c1-4-17-11-6-5-7-14-12(11)16-10(3)13-15-8-9(2)18-13/h5-8,10H,4H2,1-3H3,(H,14,16). The maximum Gasteiger partial charge on any atom is 0.169 e. The van der Waals surface area contributed by atoms with Crippen LogP contribution in [-0.2, 0) is 0 Å². The van der Waals surface area contributed by atoms with Crippen molar-refractivity contribution in [1.82, 2.24) is 9.97 Å². The van der Waals surface area contributed by atoms with Crippen molar-refractivity contribution >= 4 is 17.2 Å². The van der Waals surface area contributed by atoms with E-state index >= 15 is 0 Å². The molecule has 0 saturated heterocycles. The molecule has 0 spiro atoms. The van der Waals surface area contributed by atoms with E-state index in [2.05, 4.69) is 29.1 Å². The fraction of sp³-hybridized carbons (Fsp3) is 0.385. The molecule has 5 heteroatoms. The summed E-state index contributed by atoms with van der Waals surface area (Å²) >= 11 is 1.69. The highest BCUT2D eigenvalue weighted by Gasteiger charge is 2.12. The van der Waals surface area contributed by atoms with Crippen molar-refractivity contribution < 1.29 is 4.74 Å². The van der Waals surface area contributed by atoms with Gasteiger partial charge in [-0.05, 0) is 32.9 Å². The fourth-order valence-electron chi connectivity index (χ4n) is 1.61. The zero-order chi connectivity index (χ0) is 13.0. The molecule has 2 aromatic rings. The zero-order valence-corrected chi connectivity index (χ0v) is 11.6. The van der Waals surface area contributed by atoms with Gasteiger partial charge in [-0.25, -0.2) is 9.97 Å². The van der Waals surface area contributed by atoms with Crippen LogP contribution in [0.25, 0.3) is 0 Å². The van der Waals surface area contributed by atoms with Gasteiger partial charge in [-0.3, -0.25) is 0 Å². The predicted octanol–water partition coefficient (Wildman–Crippen LogP) is 3.42. The zero-order valence-electron chi connectivity index (χ0n) is 10.8. The van der Waals surface area contributed by atoms with Crippen molar-refractivity contribution in [3.63, 3.8) is 0 Å². The van der Waals surface area contributed by atoms with E-state index < -0.39 is 0 Å². The third-order valence-corrected chi connectivity index (χ3v) is 3.53. The van der Waals surface area contributed by atoms with Crippen LogP contribution in [0.1, 0.15) is 29.8 Å². The molecule has 2 heterocycles. The SMILES string of the molecule is CCOc1cccnc1NC(C)c1ncc(C)s1. The Labute approximate surface area is 111 Å². The van der Waals surface area contributed by atoms with Gasteiger partial charge in [0.25, 0.3) is 0 Å². The molecule has 2 aromatic heterocycles. The average molecular weight is 263 g/mol. The second-order valence-corrected chi connectivity index (χ2v) is 5.22. The monoisotopic (exact) mass is 263 g/mol. The maximum absolute atomic E-state index is 5.54. The molecule has 0 aliphatic rings. The van der Waals surface area contributed by atoms with Crippen LogP contribution < -0.4 is 10.1 Å². The number of aryl methyl sites for hydroxylation is 1. The van der Waals surface area contributed by atoms with Crippen molar-refractivity contribution in [3.05, 3.63) is 34.4 Å². The van der Waals surface area contributed by atoms with Crippen LogP contribution in [0.2, 0.25) is 0 Å². The predicted molar refractivity (Wildman–Crippen MR) is 74.3 cm³/mol. The molecule has 1 unspecified atom stereocenters. The molecule has 0 aliphatic carbocycles. The number of nitrogens with one attached hydrogen (secondary N) is 1. The number of aromatic nitrogens is 2. The highest BCUT2D eigenvalue weighted by molar-refractivity contribution is 7.11. The normalized spacial score (nSPS) is 12.2. The number of anilines is 1. The van der Waals surface area contributed by atoms with Gasteiger partial charge in [0, 0.05) is 17.3 Å². The van der Waals surface area contributed by atoms with Gasteiger partial charge in [-0.15, -0.1) is 11.3 Å². The van der Waals surface area contributed by atoms with Crippen LogP contribution >= 0.6 is 11.3 Å². The largest absolute Gasteiger partial charge is 0.490 e. The summed E-state index contributed by atoms with van der Waals surface area (Å²) in [7, 11) is 0. The van der Waals surface area contributed by atoms with E-state index in [-0.39, 0.29) is 6.04 Å². The molecule has 0 aliphatic heterocycles. The molecule has 0 aromatic carbocycles. The number of ether oxygens (including phenoxy) is 1. The molecule has 0 bridgehead atoms. The first-order valence-corrected chi connectivity index (χ1v) is 6.79. The third-order valence-electron chi connectivity index (χ3n) is 2.43. The van der Waals surface area contributed by atoms with Gasteiger partial charge < -0.3 is 10.1 Å². The Morgan fingerprint density at radius 2 is 2.28 bits per heavy atom. The van der Waals surface area contributed by atoms with E-state index in [9.17, 15) is 0 Å². The van der Waals surface area contributed by atoms with Gasteiger partial charge in [-0.1, -0.05) is 0 Å². The van der Waals surface area contributed by atoms with Crippen molar-refractivity contribution in [2.75, 3.05) is 11.9 Å². The Hall–Kier alpha value is -1.62. The lowest BCUT2D eigenvalue weighted by molar-refractivity contribution is 0.340. The lowest BCUT2D eigenvalue weighted by Crippen LogP contribution is -2.09. The Morgan fingerprint density at radius 3 is 2.94 bits per heavy atom. The molecular weight excluding hydrogens is 246 g/mol. The van der Waals surface area contributed by atoms with Gasteiger partial charge in [0.2, 0.25) is 0 Å². The quantitative estimate of drug-likeness (QED) is 0.898. The van der Waals surface area contributed by atoms with Crippen molar-refractivity contribution in [2.24, 2.45) is 0 Å². The average Bonchev–Trinajstić information content (AvgIpc) is 2.79. The van der Waals surface area contributed by atoms with Crippen molar-refractivity contribution in [3.8, 4) is 5.75 Å². The van der Waals surface area contributed by atoms with E-state index in [0.717, 1.165) is 16.6 Å². The maximum atomic E-state index is 5.54. The minimum atomic E-state index is 0.123. The highest BCUT2D eigenvalue weighted by atomic mass is 32.1. The first-order chi connectivity index (χ1) is 8.70. The second-order valence-electron chi connectivity index (χ2n) is 3.96. The van der Waals surface area contributed by atoms with Crippen LogP contribution in [0.4, 0.5) is 5.82 Å². The topological polar surface area (TPSA) is 47.0 Å². The highest BCUT2D eigenvalue weighted by Crippen LogP contribution is 2.27. The number of rotatable bonds is 5. The minimum absolute atomic E-state index is 0.123. The molecule has 96 valence electrons. The Kier molecular flexibility index (Phi) is 4.15. The van der Waals surface area contributed by atoms with Crippen molar-refractivity contribution in [1.29, 1.82) is 0 Å². The van der Waals surface area contributed by atoms with E-state index in [1.54, 1.807) is 17.5 Å². The summed E-state index contributed by atoms with van der Waals surface area (Å²) in [5.74, 6) is 1.54. The van der Waals surface area contributed by atoms with E-state index in [1.807, 2.05) is 25.3 Å². The second kappa shape index (κ2) is 5.82. The van der Waals surface area contributed by atoms with Gasteiger partial charge in [0.1, 0.15) is 5.01 Å². The molecule has 0 saturated carbocycles. The molecule has 1 N–H and O–H groups in total. The molecule has 18 heavy (non-hydrogen) atoms. The smallest absolute Gasteiger partial charge is 0.169 e. The fourth-order valence-corrected chi connectivity index (χ4v) is 2.39. The van der Waals surface area contributed by atoms with Gasteiger partial charge in [-0.2, -0.15) is 0 Å². The Balaban J connectivity index is 2.13. The minimum Gasteiger partial charge on any atom is -0.490 e. The molecule has 0 radical (unpaired) electrons. The Bertz CT molecular complexity index is 512. The molecule has 0 amide bonds. The van der Waals surface area contributed by atoms with E-state index in [1.165, 1.54) is 4.88 Å². The summed E-state index contributed by atoms with van der Waals surface area (Å²) in [4.78, 5) is 9.90. The number of pyridine rings is 1. The van der Waals surface area contributed by atoms with Crippen LogP contribution in [0.5, 0.6) is 5.75 Å². The number of nitrogens with zero attached hydrogens (tertiary/aromatic N) is 2. The third kappa shape index (κ3) is 2.98. The lowest BCUT2D eigenvalue weighted by Gasteiger charge is -2.15. The molecule has 1 atom stereocenters. The van der Waals surface area contributed by atoms with Crippen LogP contribution in [0.15, 0.2) is 24.5 Å². The van der Waals surface area contributed by atoms with Gasteiger partial charge in [0.15, 0.2) is 11.6 Å². The van der Waals surface area contributed by atoms with Crippen LogP contribution in [0, 0.1) is 6.92 Å². The first-order valence-electron chi connectivity index (χ1n) is 5.97. The summed E-state index contributed by atoms with van der Waals surface area (Å²) < 4.78 is 5.54. The summed E-state index contributed by atoms with van der Waals surface area (Å²) in [5, 5.41) is 4.39. The summed E-state index contributed by atoms with van der Waals surface area (Å²) in [5.41, 5.74) is 0. The van der Waals surface area contributed by atoms with Crippen LogP contribution in [0.3, 0.4) is 0 Å².